The van der Waals surface area contributed by atoms with E-state index in [0.717, 1.165) is 5.56 Å². The topological polar surface area (TPSA) is 33.1 Å². The van der Waals surface area contributed by atoms with Crippen molar-refractivity contribution in [3.05, 3.63) is 64.1 Å². The van der Waals surface area contributed by atoms with Crippen molar-refractivity contribution in [2.45, 2.75) is 12.5 Å². The molecule has 1 unspecified atom stereocenters. The van der Waals surface area contributed by atoms with Gasteiger partial charge in [0.15, 0.2) is 0 Å². The molecule has 0 saturated carbocycles. The minimum absolute atomic E-state index is 0.368. The molecule has 2 nitrogen and oxygen atoms in total. The second-order valence-electron chi connectivity index (χ2n) is 3.75. The fourth-order valence-corrected chi connectivity index (χ4v) is 1.83. The number of hydrogen-bond donors (Lipinski definition) is 1. The highest BCUT2D eigenvalue weighted by Crippen LogP contribution is 2.22. The van der Waals surface area contributed by atoms with Crippen LogP contribution in [0.4, 0.5) is 4.39 Å². The Kier molecular flexibility index (Phi) is 3.86. The number of aromatic nitrogens is 1. The highest BCUT2D eigenvalue weighted by Gasteiger charge is 2.10. The summed E-state index contributed by atoms with van der Waals surface area (Å²) in [6.45, 7) is 0. The molecule has 0 radical (unpaired) electrons. The molecule has 0 aliphatic heterocycles. The van der Waals surface area contributed by atoms with Crippen molar-refractivity contribution in [2.24, 2.45) is 0 Å². The molecule has 4 heteroatoms. The molecule has 0 fully saturated rings. The van der Waals surface area contributed by atoms with Gasteiger partial charge >= 0.3 is 0 Å². The van der Waals surface area contributed by atoms with Crippen LogP contribution in [0.2, 0.25) is 0 Å². The number of pyridine rings is 1. The molecule has 0 bridgehead atoms. The molecule has 0 saturated heterocycles. The Bertz CT molecular complexity index is 504. The fraction of sp³-hybridized carbons (Fsp3) is 0.154. The molecular formula is C13H11BrFNO. The first-order chi connectivity index (χ1) is 8.16. The van der Waals surface area contributed by atoms with E-state index in [9.17, 15) is 9.50 Å². The van der Waals surface area contributed by atoms with Crippen molar-refractivity contribution in [3.8, 4) is 0 Å². The molecule has 88 valence electrons. The van der Waals surface area contributed by atoms with Gasteiger partial charge < -0.3 is 5.11 Å². The van der Waals surface area contributed by atoms with E-state index in [2.05, 4.69) is 20.9 Å². The fourth-order valence-electron chi connectivity index (χ4n) is 1.58. The van der Waals surface area contributed by atoms with E-state index in [4.69, 9.17) is 0 Å². The molecular weight excluding hydrogens is 285 g/mol. The van der Waals surface area contributed by atoms with Gasteiger partial charge in [-0.1, -0.05) is 12.1 Å². The smallest absolute Gasteiger partial charge is 0.137 e. The van der Waals surface area contributed by atoms with Crippen molar-refractivity contribution in [1.29, 1.82) is 0 Å². The summed E-state index contributed by atoms with van der Waals surface area (Å²) < 4.78 is 13.7. The van der Waals surface area contributed by atoms with Crippen molar-refractivity contribution < 1.29 is 9.50 Å². The summed E-state index contributed by atoms with van der Waals surface area (Å²) in [5.74, 6) is -0.368. The number of halogens is 2. The molecule has 1 aromatic heterocycles. The van der Waals surface area contributed by atoms with Crippen LogP contribution in [-0.4, -0.2) is 10.1 Å². The van der Waals surface area contributed by atoms with Crippen LogP contribution in [-0.2, 0) is 6.42 Å². The van der Waals surface area contributed by atoms with Crippen molar-refractivity contribution in [1.82, 2.24) is 4.98 Å². The van der Waals surface area contributed by atoms with Crippen LogP contribution in [0.3, 0.4) is 0 Å². The van der Waals surface area contributed by atoms with Crippen LogP contribution in [0, 0.1) is 5.82 Å². The van der Waals surface area contributed by atoms with Gasteiger partial charge in [-0.05, 0) is 45.3 Å². The molecule has 2 rings (SSSR count). The number of benzene rings is 1. The lowest BCUT2D eigenvalue weighted by Gasteiger charge is -2.11. The molecule has 1 N–H and O–H groups in total. The lowest BCUT2D eigenvalue weighted by molar-refractivity contribution is 0.178. The van der Waals surface area contributed by atoms with Gasteiger partial charge in [0.05, 0.1) is 10.6 Å². The molecule has 2 aromatic rings. The third kappa shape index (κ3) is 3.11. The average Bonchev–Trinajstić information content (AvgIpc) is 2.34. The Hall–Kier alpha value is -1.26. The van der Waals surface area contributed by atoms with Crippen LogP contribution in [0.25, 0.3) is 0 Å². The van der Waals surface area contributed by atoms with Crippen molar-refractivity contribution >= 4 is 15.9 Å². The van der Waals surface area contributed by atoms with Crippen LogP contribution in [0.15, 0.2) is 47.2 Å². The molecule has 0 aliphatic carbocycles. The quantitative estimate of drug-likeness (QED) is 0.943. The summed E-state index contributed by atoms with van der Waals surface area (Å²) >= 11 is 3.08. The summed E-state index contributed by atoms with van der Waals surface area (Å²) in [6, 6.07) is 8.33. The highest BCUT2D eigenvalue weighted by molar-refractivity contribution is 9.10. The van der Waals surface area contributed by atoms with E-state index in [1.54, 1.807) is 24.5 Å². The predicted molar refractivity (Wildman–Crippen MR) is 67.0 cm³/mol. The zero-order valence-electron chi connectivity index (χ0n) is 8.98. The van der Waals surface area contributed by atoms with Gasteiger partial charge in [0.25, 0.3) is 0 Å². The normalized spacial score (nSPS) is 12.4. The zero-order chi connectivity index (χ0) is 12.3. The third-order valence-corrected chi connectivity index (χ3v) is 3.12. The molecule has 1 heterocycles. The van der Waals surface area contributed by atoms with Gasteiger partial charge in [-0.3, -0.25) is 4.98 Å². The summed E-state index contributed by atoms with van der Waals surface area (Å²) in [5, 5.41) is 9.98. The average molecular weight is 296 g/mol. The maximum Gasteiger partial charge on any atom is 0.137 e. The van der Waals surface area contributed by atoms with Crippen molar-refractivity contribution in [3.63, 3.8) is 0 Å². The minimum Gasteiger partial charge on any atom is -0.388 e. The van der Waals surface area contributed by atoms with Crippen LogP contribution >= 0.6 is 15.9 Å². The van der Waals surface area contributed by atoms with Gasteiger partial charge in [0.2, 0.25) is 0 Å². The predicted octanol–water partition coefficient (Wildman–Crippen LogP) is 3.26. The summed E-state index contributed by atoms with van der Waals surface area (Å²) in [7, 11) is 0. The van der Waals surface area contributed by atoms with Crippen LogP contribution < -0.4 is 0 Å². The third-order valence-electron chi connectivity index (χ3n) is 2.48. The number of aliphatic hydroxyl groups is 1. The first kappa shape index (κ1) is 12.2. The van der Waals surface area contributed by atoms with E-state index >= 15 is 0 Å². The molecule has 17 heavy (non-hydrogen) atoms. The maximum absolute atomic E-state index is 13.3. The Morgan fingerprint density at radius 3 is 2.82 bits per heavy atom. The zero-order valence-corrected chi connectivity index (χ0v) is 10.6. The second kappa shape index (κ2) is 5.38. The Morgan fingerprint density at radius 1 is 1.35 bits per heavy atom. The Morgan fingerprint density at radius 2 is 2.18 bits per heavy atom. The van der Waals surface area contributed by atoms with Gasteiger partial charge in [0.1, 0.15) is 5.82 Å². The Labute approximate surface area is 107 Å². The van der Waals surface area contributed by atoms with E-state index in [-0.39, 0.29) is 5.82 Å². The molecule has 0 aliphatic rings. The van der Waals surface area contributed by atoms with E-state index in [0.29, 0.717) is 16.5 Å². The number of rotatable bonds is 3. The standard InChI is InChI=1S/C13H11BrFNO/c14-11-4-3-10(7-12(11)15)13(17)6-9-2-1-5-16-8-9/h1-5,7-8,13,17H,6H2. The SMILES string of the molecule is OC(Cc1cccnc1)c1ccc(Br)c(F)c1. The number of nitrogens with zero attached hydrogens (tertiary/aromatic N) is 1. The number of aliphatic hydroxyl groups excluding tert-OH is 1. The van der Waals surface area contributed by atoms with Gasteiger partial charge in [-0.25, -0.2) is 4.39 Å². The van der Waals surface area contributed by atoms with Crippen LogP contribution in [0.5, 0.6) is 0 Å². The van der Waals surface area contributed by atoms with E-state index < -0.39 is 6.10 Å². The molecule has 0 spiro atoms. The number of hydrogen-bond acceptors (Lipinski definition) is 2. The van der Waals surface area contributed by atoms with Gasteiger partial charge in [-0.15, -0.1) is 0 Å². The molecule has 1 atom stereocenters. The maximum atomic E-state index is 13.3. The van der Waals surface area contributed by atoms with Crippen LogP contribution in [0.1, 0.15) is 17.2 Å². The minimum atomic E-state index is -0.721. The van der Waals surface area contributed by atoms with Gasteiger partial charge in [0, 0.05) is 18.8 Å². The lowest BCUT2D eigenvalue weighted by atomic mass is 10.0. The van der Waals surface area contributed by atoms with E-state index in [1.807, 2.05) is 12.1 Å². The highest BCUT2D eigenvalue weighted by atomic mass is 79.9. The molecule has 0 amide bonds. The van der Waals surface area contributed by atoms with E-state index in [1.165, 1.54) is 6.07 Å². The van der Waals surface area contributed by atoms with Crippen molar-refractivity contribution in [2.75, 3.05) is 0 Å². The van der Waals surface area contributed by atoms with Gasteiger partial charge in [-0.2, -0.15) is 0 Å². The lowest BCUT2D eigenvalue weighted by Crippen LogP contribution is -2.02. The first-order valence-electron chi connectivity index (χ1n) is 5.19. The second-order valence-corrected chi connectivity index (χ2v) is 4.61. The Balaban J connectivity index is 2.14. The summed E-state index contributed by atoms with van der Waals surface area (Å²) in [5.41, 5.74) is 1.48. The largest absolute Gasteiger partial charge is 0.388 e. The summed E-state index contributed by atoms with van der Waals surface area (Å²) in [4.78, 5) is 3.97. The first-order valence-corrected chi connectivity index (χ1v) is 5.98. The monoisotopic (exact) mass is 295 g/mol. The summed E-state index contributed by atoms with van der Waals surface area (Å²) in [6.07, 6.45) is 3.07. The molecule has 1 aromatic carbocycles.